The van der Waals surface area contributed by atoms with Crippen molar-refractivity contribution in [1.82, 2.24) is 4.90 Å². The molecule has 3 heteroatoms. The van der Waals surface area contributed by atoms with E-state index < -0.39 is 0 Å². The zero-order valence-corrected chi connectivity index (χ0v) is 12.2. The topological polar surface area (TPSA) is 12.5 Å². The summed E-state index contributed by atoms with van der Waals surface area (Å²) in [4.78, 5) is 3.76. The second kappa shape index (κ2) is 7.05. The summed E-state index contributed by atoms with van der Waals surface area (Å²) in [7, 11) is 2.23. The first-order chi connectivity index (χ1) is 8.79. The molecule has 1 aromatic carbocycles. The molecule has 1 atom stereocenters. The quantitative estimate of drug-likeness (QED) is 0.754. The van der Waals surface area contributed by atoms with Crippen molar-refractivity contribution in [2.24, 2.45) is 0 Å². The standard InChI is InChI=1S/C15H23NOS/c1-16-11-4-3-5-13(16)10-12-17-14-6-8-15(18-2)9-7-14/h6-9,13H,3-5,10-12H2,1-2H3. The maximum absolute atomic E-state index is 5.82. The van der Waals surface area contributed by atoms with Crippen LogP contribution in [0, 0.1) is 0 Å². The first-order valence-electron chi connectivity index (χ1n) is 6.76. The lowest BCUT2D eigenvalue weighted by atomic mass is 10.0. The highest BCUT2D eigenvalue weighted by Crippen LogP contribution is 2.21. The largest absolute Gasteiger partial charge is 0.494 e. The van der Waals surface area contributed by atoms with Crippen LogP contribution >= 0.6 is 11.8 Å². The van der Waals surface area contributed by atoms with Crippen molar-refractivity contribution in [2.75, 3.05) is 26.5 Å². The Hall–Kier alpha value is -0.670. The minimum absolute atomic E-state index is 0.712. The monoisotopic (exact) mass is 265 g/mol. The van der Waals surface area contributed by atoms with Gasteiger partial charge in [0.1, 0.15) is 5.75 Å². The minimum atomic E-state index is 0.712. The fourth-order valence-electron chi connectivity index (χ4n) is 2.49. The fourth-order valence-corrected chi connectivity index (χ4v) is 2.90. The Labute approximate surface area is 115 Å². The Bertz CT molecular complexity index is 352. The lowest BCUT2D eigenvalue weighted by Crippen LogP contribution is -2.37. The van der Waals surface area contributed by atoms with Crippen LogP contribution in [0.1, 0.15) is 25.7 Å². The van der Waals surface area contributed by atoms with Gasteiger partial charge in [-0.1, -0.05) is 6.42 Å². The Morgan fingerprint density at radius 1 is 1.28 bits per heavy atom. The molecule has 1 fully saturated rings. The molecular formula is C15H23NOS. The molecule has 0 spiro atoms. The molecule has 2 rings (SSSR count). The van der Waals surface area contributed by atoms with Crippen molar-refractivity contribution >= 4 is 11.8 Å². The maximum Gasteiger partial charge on any atom is 0.119 e. The Balaban J connectivity index is 1.73. The number of likely N-dealkylation sites (tertiary alicyclic amines) is 1. The van der Waals surface area contributed by atoms with Gasteiger partial charge in [-0.15, -0.1) is 11.8 Å². The van der Waals surface area contributed by atoms with Crippen LogP contribution < -0.4 is 4.74 Å². The molecule has 0 amide bonds. The first-order valence-corrected chi connectivity index (χ1v) is 7.99. The van der Waals surface area contributed by atoms with Crippen LogP contribution in [0.5, 0.6) is 5.75 Å². The van der Waals surface area contributed by atoms with Crippen LogP contribution in [0.2, 0.25) is 0 Å². The van der Waals surface area contributed by atoms with Crippen molar-refractivity contribution in [1.29, 1.82) is 0 Å². The summed E-state index contributed by atoms with van der Waals surface area (Å²) in [6.07, 6.45) is 7.28. The molecule has 1 unspecified atom stereocenters. The molecular weight excluding hydrogens is 242 g/mol. The molecule has 2 nitrogen and oxygen atoms in total. The van der Waals surface area contributed by atoms with Gasteiger partial charge in [0, 0.05) is 10.9 Å². The van der Waals surface area contributed by atoms with E-state index in [-0.39, 0.29) is 0 Å². The molecule has 0 N–H and O–H groups in total. The van der Waals surface area contributed by atoms with Crippen molar-refractivity contribution in [3.05, 3.63) is 24.3 Å². The highest BCUT2D eigenvalue weighted by Gasteiger charge is 2.18. The van der Waals surface area contributed by atoms with Gasteiger partial charge < -0.3 is 9.64 Å². The summed E-state index contributed by atoms with van der Waals surface area (Å²) in [6.45, 7) is 2.07. The summed E-state index contributed by atoms with van der Waals surface area (Å²) in [5.74, 6) is 0.992. The maximum atomic E-state index is 5.82. The van der Waals surface area contributed by atoms with Crippen molar-refractivity contribution in [2.45, 2.75) is 36.6 Å². The molecule has 0 radical (unpaired) electrons. The Morgan fingerprint density at radius 3 is 2.72 bits per heavy atom. The van der Waals surface area contributed by atoms with Crippen LogP contribution in [0.25, 0.3) is 0 Å². The summed E-state index contributed by atoms with van der Waals surface area (Å²) in [6, 6.07) is 9.08. The molecule has 1 saturated heterocycles. The van der Waals surface area contributed by atoms with Crippen molar-refractivity contribution < 1.29 is 4.74 Å². The Morgan fingerprint density at radius 2 is 2.06 bits per heavy atom. The van der Waals surface area contributed by atoms with Gasteiger partial charge in [0.25, 0.3) is 0 Å². The third kappa shape index (κ3) is 3.92. The van der Waals surface area contributed by atoms with Gasteiger partial charge >= 0.3 is 0 Å². The molecule has 100 valence electrons. The first kappa shape index (κ1) is 13.8. The van der Waals surface area contributed by atoms with Crippen molar-refractivity contribution in [3.8, 4) is 5.75 Å². The smallest absolute Gasteiger partial charge is 0.119 e. The average molecular weight is 265 g/mol. The predicted molar refractivity (Wildman–Crippen MR) is 78.6 cm³/mol. The van der Waals surface area contributed by atoms with Gasteiger partial charge in [0.15, 0.2) is 0 Å². The number of piperidine rings is 1. The molecule has 18 heavy (non-hydrogen) atoms. The van der Waals surface area contributed by atoms with E-state index >= 15 is 0 Å². The molecule has 1 aliphatic heterocycles. The van der Waals surface area contributed by atoms with Crippen LogP contribution in [0.15, 0.2) is 29.2 Å². The van der Waals surface area contributed by atoms with Crippen LogP contribution in [-0.4, -0.2) is 37.4 Å². The van der Waals surface area contributed by atoms with Crippen LogP contribution in [0.4, 0.5) is 0 Å². The van der Waals surface area contributed by atoms with E-state index in [2.05, 4.69) is 42.5 Å². The van der Waals surface area contributed by atoms with Gasteiger partial charge in [-0.05, 0) is 63.4 Å². The van der Waals surface area contributed by atoms with Gasteiger partial charge in [0.05, 0.1) is 6.61 Å². The highest BCUT2D eigenvalue weighted by molar-refractivity contribution is 7.98. The molecule has 0 saturated carbocycles. The summed E-state index contributed by atoms with van der Waals surface area (Å²) in [5.41, 5.74) is 0. The van der Waals surface area contributed by atoms with E-state index in [1.54, 1.807) is 11.8 Å². The van der Waals surface area contributed by atoms with E-state index in [1.165, 1.54) is 30.7 Å². The Kier molecular flexibility index (Phi) is 5.39. The molecule has 1 aliphatic rings. The number of nitrogens with zero attached hydrogens (tertiary/aromatic N) is 1. The molecule has 0 aliphatic carbocycles. The summed E-state index contributed by atoms with van der Waals surface area (Å²) >= 11 is 1.76. The number of ether oxygens (including phenoxy) is 1. The second-order valence-corrected chi connectivity index (χ2v) is 5.82. The molecule has 0 bridgehead atoms. The average Bonchev–Trinajstić information content (AvgIpc) is 2.42. The van der Waals surface area contributed by atoms with Crippen molar-refractivity contribution in [3.63, 3.8) is 0 Å². The normalized spacial score (nSPS) is 20.9. The minimum Gasteiger partial charge on any atom is -0.494 e. The van der Waals surface area contributed by atoms with E-state index in [0.717, 1.165) is 18.8 Å². The van der Waals surface area contributed by atoms with Gasteiger partial charge in [0.2, 0.25) is 0 Å². The third-order valence-electron chi connectivity index (χ3n) is 3.70. The molecule has 1 heterocycles. The number of hydrogen-bond donors (Lipinski definition) is 0. The van der Waals surface area contributed by atoms with Crippen LogP contribution in [-0.2, 0) is 0 Å². The number of hydrogen-bond acceptors (Lipinski definition) is 3. The fraction of sp³-hybridized carbons (Fsp3) is 0.600. The van der Waals surface area contributed by atoms with Gasteiger partial charge in [-0.25, -0.2) is 0 Å². The summed E-state index contributed by atoms with van der Waals surface area (Å²) in [5, 5.41) is 0. The predicted octanol–water partition coefficient (Wildman–Crippen LogP) is 3.66. The number of benzene rings is 1. The third-order valence-corrected chi connectivity index (χ3v) is 4.44. The number of thioether (sulfide) groups is 1. The SMILES string of the molecule is CSc1ccc(OCCC2CCCCN2C)cc1. The summed E-state index contributed by atoms with van der Waals surface area (Å²) < 4.78 is 5.82. The van der Waals surface area contributed by atoms with Gasteiger partial charge in [-0.3, -0.25) is 0 Å². The zero-order chi connectivity index (χ0) is 12.8. The van der Waals surface area contributed by atoms with E-state index in [4.69, 9.17) is 4.74 Å². The van der Waals surface area contributed by atoms with Gasteiger partial charge in [-0.2, -0.15) is 0 Å². The molecule has 0 aromatic heterocycles. The number of rotatable bonds is 5. The lowest BCUT2D eigenvalue weighted by Gasteiger charge is -2.32. The lowest BCUT2D eigenvalue weighted by molar-refractivity contribution is 0.153. The van der Waals surface area contributed by atoms with E-state index in [1.807, 2.05) is 0 Å². The van der Waals surface area contributed by atoms with E-state index in [0.29, 0.717) is 6.04 Å². The molecule has 1 aromatic rings. The zero-order valence-electron chi connectivity index (χ0n) is 11.4. The van der Waals surface area contributed by atoms with E-state index in [9.17, 15) is 0 Å². The van der Waals surface area contributed by atoms with Crippen LogP contribution in [0.3, 0.4) is 0 Å². The second-order valence-electron chi connectivity index (χ2n) is 4.94. The highest BCUT2D eigenvalue weighted by atomic mass is 32.2.